The van der Waals surface area contributed by atoms with E-state index in [0.29, 0.717) is 5.88 Å². The van der Waals surface area contributed by atoms with Crippen molar-refractivity contribution >= 4 is 17.7 Å². The summed E-state index contributed by atoms with van der Waals surface area (Å²) in [7, 11) is 0. The zero-order valence-corrected chi connectivity index (χ0v) is 12.5. The van der Waals surface area contributed by atoms with Crippen LogP contribution in [0.5, 0.6) is 0 Å². The van der Waals surface area contributed by atoms with Gasteiger partial charge in [0.15, 0.2) is 0 Å². The summed E-state index contributed by atoms with van der Waals surface area (Å²) in [4.78, 5) is 11.8. The molecule has 0 spiro atoms. The summed E-state index contributed by atoms with van der Waals surface area (Å²) < 4.78 is 5.26. The topological polar surface area (TPSA) is 38.3 Å². The zero-order valence-electron chi connectivity index (χ0n) is 11.8. The highest BCUT2D eigenvalue weighted by Crippen LogP contribution is 2.10. The Balaban J connectivity index is 2.55. The van der Waals surface area contributed by atoms with Gasteiger partial charge < -0.3 is 10.1 Å². The van der Waals surface area contributed by atoms with Crippen molar-refractivity contribution < 1.29 is 9.53 Å². The van der Waals surface area contributed by atoms with Gasteiger partial charge in [0.2, 0.25) is 0 Å². The molecule has 19 heavy (non-hydrogen) atoms. The van der Waals surface area contributed by atoms with Crippen molar-refractivity contribution in [3.63, 3.8) is 0 Å². The number of nitrogens with one attached hydrogen (secondary N) is 1. The molecule has 0 radical (unpaired) electrons. The molecule has 0 aliphatic carbocycles. The van der Waals surface area contributed by atoms with E-state index in [1.54, 1.807) is 0 Å². The maximum absolute atomic E-state index is 11.8. The number of carbonyl (C=O) groups excluding carboxylic acids is 1. The van der Waals surface area contributed by atoms with Crippen LogP contribution in [0.25, 0.3) is 0 Å². The third-order valence-electron chi connectivity index (χ3n) is 2.50. The molecule has 1 atom stereocenters. The van der Waals surface area contributed by atoms with Gasteiger partial charge in [-0.15, -0.1) is 11.6 Å². The van der Waals surface area contributed by atoms with Gasteiger partial charge in [0.25, 0.3) is 0 Å². The second kappa shape index (κ2) is 7.39. The van der Waals surface area contributed by atoms with Crippen LogP contribution in [0.2, 0.25) is 0 Å². The highest BCUT2D eigenvalue weighted by molar-refractivity contribution is 6.17. The smallest absolute Gasteiger partial charge is 0.407 e. The second-order valence-corrected chi connectivity index (χ2v) is 5.89. The predicted molar refractivity (Wildman–Crippen MR) is 78.6 cm³/mol. The molecule has 0 aliphatic rings. The average Bonchev–Trinajstić information content (AvgIpc) is 2.27. The number of benzene rings is 1. The monoisotopic (exact) mass is 283 g/mol. The first-order chi connectivity index (χ1) is 8.90. The van der Waals surface area contributed by atoms with E-state index in [1.165, 1.54) is 5.56 Å². The Kier molecular flexibility index (Phi) is 6.16. The molecule has 106 valence electrons. The lowest BCUT2D eigenvalue weighted by atomic mass is 10.0. The highest BCUT2D eigenvalue weighted by atomic mass is 35.5. The fourth-order valence-electron chi connectivity index (χ4n) is 1.73. The minimum Gasteiger partial charge on any atom is -0.444 e. The van der Waals surface area contributed by atoms with Gasteiger partial charge in [0, 0.05) is 11.9 Å². The summed E-state index contributed by atoms with van der Waals surface area (Å²) in [5.74, 6) is 0.507. The number of carbonyl (C=O) groups is 1. The van der Waals surface area contributed by atoms with Gasteiger partial charge in [-0.1, -0.05) is 30.3 Å². The number of rotatable bonds is 5. The van der Waals surface area contributed by atoms with Gasteiger partial charge in [0.05, 0.1) is 0 Å². The largest absolute Gasteiger partial charge is 0.444 e. The molecular formula is C15H22ClNO2. The van der Waals surface area contributed by atoms with Crippen LogP contribution in [-0.4, -0.2) is 23.6 Å². The van der Waals surface area contributed by atoms with E-state index in [9.17, 15) is 4.79 Å². The molecule has 3 nitrogen and oxygen atoms in total. The number of alkyl carbamates (subject to hydrolysis) is 1. The Morgan fingerprint density at radius 2 is 1.95 bits per heavy atom. The Morgan fingerprint density at radius 3 is 2.47 bits per heavy atom. The SMILES string of the molecule is CC(C)(C)OC(=O)N[C@H](CCCl)Cc1ccccc1. The molecule has 0 saturated heterocycles. The molecule has 0 fully saturated rings. The van der Waals surface area contributed by atoms with Crippen molar-refractivity contribution in [2.24, 2.45) is 0 Å². The van der Waals surface area contributed by atoms with Crippen molar-refractivity contribution in [1.29, 1.82) is 0 Å². The Bertz CT molecular complexity index is 387. The number of amides is 1. The molecule has 0 aliphatic heterocycles. The van der Waals surface area contributed by atoms with Gasteiger partial charge in [-0.25, -0.2) is 4.79 Å². The van der Waals surface area contributed by atoms with Crippen molar-refractivity contribution in [2.75, 3.05) is 5.88 Å². The average molecular weight is 284 g/mol. The van der Waals surface area contributed by atoms with E-state index in [0.717, 1.165) is 12.8 Å². The summed E-state index contributed by atoms with van der Waals surface area (Å²) in [5.41, 5.74) is 0.691. The van der Waals surface area contributed by atoms with Crippen molar-refractivity contribution in [3.05, 3.63) is 35.9 Å². The first kappa shape index (κ1) is 15.8. The molecule has 0 aromatic heterocycles. The summed E-state index contributed by atoms with van der Waals surface area (Å²) in [6, 6.07) is 10.0. The number of alkyl halides is 1. The Hall–Kier alpha value is -1.22. The van der Waals surface area contributed by atoms with Crippen LogP contribution in [-0.2, 0) is 11.2 Å². The lowest BCUT2D eigenvalue weighted by molar-refractivity contribution is 0.0503. The van der Waals surface area contributed by atoms with E-state index in [1.807, 2.05) is 51.1 Å². The van der Waals surface area contributed by atoms with Crippen LogP contribution in [0.15, 0.2) is 30.3 Å². The fourth-order valence-corrected chi connectivity index (χ4v) is 1.99. The summed E-state index contributed by atoms with van der Waals surface area (Å²) in [5, 5.41) is 2.88. The number of hydrogen-bond acceptors (Lipinski definition) is 2. The molecule has 1 rings (SSSR count). The summed E-state index contributed by atoms with van der Waals surface area (Å²) in [6.45, 7) is 5.54. The fraction of sp³-hybridized carbons (Fsp3) is 0.533. The van der Waals surface area contributed by atoms with Gasteiger partial charge in [-0.05, 0) is 39.2 Å². The molecule has 0 bridgehead atoms. The van der Waals surface area contributed by atoms with Crippen LogP contribution >= 0.6 is 11.6 Å². The standard InChI is InChI=1S/C15H22ClNO2/c1-15(2,3)19-14(18)17-13(9-10-16)11-12-7-5-4-6-8-12/h4-8,13H,9-11H2,1-3H3,(H,17,18)/t13-/m1/s1. The van der Waals surface area contributed by atoms with Crippen LogP contribution in [0.3, 0.4) is 0 Å². The zero-order chi connectivity index (χ0) is 14.3. The minimum atomic E-state index is -0.484. The predicted octanol–water partition coefficient (Wildman–Crippen LogP) is 3.75. The molecule has 1 aromatic carbocycles. The van der Waals surface area contributed by atoms with Gasteiger partial charge in [0.1, 0.15) is 5.60 Å². The Morgan fingerprint density at radius 1 is 1.32 bits per heavy atom. The highest BCUT2D eigenvalue weighted by Gasteiger charge is 2.19. The van der Waals surface area contributed by atoms with E-state index in [4.69, 9.17) is 16.3 Å². The van der Waals surface area contributed by atoms with E-state index >= 15 is 0 Å². The van der Waals surface area contributed by atoms with Crippen molar-refractivity contribution in [2.45, 2.75) is 45.3 Å². The molecule has 0 heterocycles. The first-order valence-corrected chi connectivity index (χ1v) is 7.03. The van der Waals surface area contributed by atoms with Crippen molar-refractivity contribution in [3.8, 4) is 0 Å². The van der Waals surface area contributed by atoms with Crippen LogP contribution < -0.4 is 5.32 Å². The quantitative estimate of drug-likeness (QED) is 0.836. The summed E-state index contributed by atoms with van der Waals surface area (Å²) in [6.07, 6.45) is 1.08. The molecule has 0 unspecified atom stereocenters. The second-order valence-electron chi connectivity index (χ2n) is 5.51. The van der Waals surface area contributed by atoms with Crippen LogP contribution in [0.4, 0.5) is 4.79 Å². The maximum Gasteiger partial charge on any atom is 0.407 e. The van der Waals surface area contributed by atoms with Gasteiger partial charge in [-0.3, -0.25) is 0 Å². The first-order valence-electron chi connectivity index (χ1n) is 6.50. The lowest BCUT2D eigenvalue weighted by Crippen LogP contribution is -2.40. The molecule has 0 saturated carbocycles. The van der Waals surface area contributed by atoms with E-state index < -0.39 is 11.7 Å². The molecular weight excluding hydrogens is 262 g/mol. The minimum absolute atomic E-state index is 0.00486. The van der Waals surface area contributed by atoms with Crippen LogP contribution in [0.1, 0.15) is 32.8 Å². The summed E-state index contributed by atoms with van der Waals surface area (Å²) >= 11 is 5.79. The van der Waals surface area contributed by atoms with Crippen molar-refractivity contribution in [1.82, 2.24) is 5.32 Å². The third-order valence-corrected chi connectivity index (χ3v) is 2.72. The lowest BCUT2D eigenvalue weighted by Gasteiger charge is -2.23. The number of ether oxygens (including phenoxy) is 1. The number of hydrogen-bond donors (Lipinski definition) is 1. The molecule has 1 aromatic rings. The van der Waals surface area contributed by atoms with Crippen LogP contribution in [0, 0.1) is 0 Å². The maximum atomic E-state index is 11.8. The number of halogens is 1. The van der Waals surface area contributed by atoms with Gasteiger partial charge >= 0.3 is 6.09 Å². The van der Waals surface area contributed by atoms with E-state index in [2.05, 4.69) is 5.32 Å². The molecule has 1 N–H and O–H groups in total. The molecule has 4 heteroatoms. The van der Waals surface area contributed by atoms with E-state index in [-0.39, 0.29) is 6.04 Å². The third kappa shape index (κ3) is 7.06. The normalized spacial score (nSPS) is 12.8. The van der Waals surface area contributed by atoms with Gasteiger partial charge in [-0.2, -0.15) is 0 Å². The Labute approximate surface area is 120 Å². The molecule has 1 amide bonds.